The molecule has 2 rings (SSSR count). The van der Waals surface area contributed by atoms with Crippen molar-refractivity contribution < 1.29 is 14.8 Å². The van der Waals surface area contributed by atoms with Crippen LogP contribution in [0.2, 0.25) is 0 Å². The first-order chi connectivity index (χ1) is 7.65. The van der Waals surface area contributed by atoms with Crippen LogP contribution in [0.5, 0.6) is 16.7 Å². The quantitative estimate of drug-likeness (QED) is 0.656. The van der Waals surface area contributed by atoms with Crippen LogP contribution < -0.4 is 4.74 Å². The minimum atomic E-state index is -0.535. The number of nitro groups is 1. The summed E-state index contributed by atoms with van der Waals surface area (Å²) in [4.78, 5) is 13.6. The summed E-state index contributed by atoms with van der Waals surface area (Å²) in [5.41, 5.74) is 0. The van der Waals surface area contributed by atoms with Crippen molar-refractivity contribution in [2.24, 2.45) is 0 Å². The van der Waals surface area contributed by atoms with Gasteiger partial charge in [0.15, 0.2) is 0 Å². The number of aromatic nitrogens is 1. The van der Waals surface area contributed by atoms with E-state index in [1.165, 1.54) is 12.1 Å². The Hall–Kier alpha value is -2.15. The second-order valence-corrected chi connectivity index (χ2v) is 3.79. The highest BCUT2D eigenvalue weighted by Crippen LogP contribution is 2.31. The summed E-state index contributed by atoms with van der Waals surface area (Å²) >= 11 is 0.828. The standard InChI is InChI=1S/C9H6N2O4S/c12-6-2-1-3-7(4-6)15-9-10-5-8(16-9)11(13)14/h1-5,12H. The van der Waals surface area contributed by atoms with Gasteiger partial charge < -0.3 is 9.84 Å². The fraction of sp³-hybridized carbons (Fsp3) is 0. The number of ether oxygens (including phenoxy) is 1. The van der Waals surface area contributed by atoms with Crippen LogP contribution >= 0.6 is 11.3 Å². The second kappa shape index (κ2) is 4.15. The summed E-state index contributed by atoms with van der Waals surface area (Å²) in [5.74, 6) is 0.438. The highest BCUT2D eigenvalue weighted by atomic mass is 32.1. The molecule has 7 heteroatoms. The molecule has 6 nitrogen and oxygen atoms in total. The first-order valence-electron chi connectivity index (χ1n) is 4.22. The molecule has 2 aromatic rings. The minimum Gasteiger partial charge on any atom is -0.508 e. The van der Waals surface area contributed by atoms with Crippen LogP contribution in [0.15, 0.2) is 30.5 Å². The highest BCUT2D eigenvalue weighted by molar-refractivity contribution is 7.16. The summed E-state index contributed by atoms with van der Waals surface area (Å²) in [7, 11) is 0. The van der Waals surface area contributed by atoms with Crippen molar-refractivity contribution in [3.63, 3.8) is 0 Å². The number of phenols is 1. The van der Waals surface area contributed by atoms with E-state index in [4.69, 9.17) is 4.74 Å². The molecule has 0 aliphatic rings. The van der Waals surface area contributed by atoms with E-state index in [1.54, 1.807) is 12.1 Å². The summed E-state index contributed by atoms with van der Waals surface area (Å²) in [5, 5.41) is 19.7. The van der Waals surface area contributed by atoms with Gasteiger partial charge in [0, 0.05) is 6.07 Å². The van der Waals surface area contributed by atoms with Gasteiger partial charge in [-0.15, -0.1) is 0 Å². The van der Waals surface area contributed by atoms with Crippen LogP contribution in [0, 0.1) is 10.1 Å². The van der Waals surface area contributed by atoms with Gasteiger partial charge in [0.25, 0.3) is 5.19 Å². The molecule has 82 valence electrons. The lowest BCUT2D eigenvalue weighted by molar-refractivity contribution is -0.380. The molecule has 1 heterocycles. The Labute approximate surface area is 93.9 Å². The second-order valence-electron chi connectivity index (χ2n) is 2.82. The van der Waals surface area contributed by atoms with Gasteiger partial charge in [-0.25, -0.2) is 4.98 Å². The number of benzene rings is 1. The van der Waals surface area contributed by atoms with Crippen molar-refractivity contribution in [3.8, 4) is 16.7 Å². The summed E-state index contributed by atoms with van der Waals surface area (Å²) in [6.07, 6.45) is 1.13. The van der Waals surface area contributed by atoms with E-state index in [-0.39, 0.29) is 15.9 Å². The molecule has 0 spiro atoms. The van der Waals surface area contributed by atoms with Gasteiger partial charge in [-0.1, -0.05) is 6.07 Å². The fourth-order valence-electron chi connectivity index (χ4n) is 1.03. The van der Waals surface area contributed by atoms with E-state index in [0.29, 0.717) is 5.75 Å². The monoisotopic (exact) mass is 238 g/mol. The van der Waals surface area contributed by atoms with Gasteiger partial charge >= 0.3 is 5.00 Å². The smallest absolute Gasteiger partial charge is 0.347 e. The Kier molecular flexibility index (Phi) is 2.69. The number of rotatable bonds is 3. The van der Waals surface area contributed by atoms with Gasteiger partial charge in [0.05, 0.1) is 4.92 Å². The van der Waals surface area contributed by atoms with Crippen LogP contribution in [0.4, 0.5) is 5.00 Å². The number of hydrogen-bond donors (Lipinski definition) is 1. The summed E-state index contributed by atoms with van der Waals surface area (Å²) < 4.78 is 5.23. The molecule has 0 radical (unpaired) electrons. The zero-order chi connectivity index (χ0) is 11.5. The van der Waals surface area contributed by atoms with Crippen molar-refractivity contribution in [2.45, 2.75) is 0 Å². The van der Waals surface area contributed by atoms with Crippen LogP contribution in [0.3, 0.4) is 0 Å². The molecular formula is C9H6N2O4S. The normalized spacial score (nSPS) is 10.0. The van der Waals surface area contributed by atoms with Crippen LogP contribution in [-0.4, -0.2) is 15.0 Å². The van der Waals surface area contributed by atoms with Gasteiger partial charge in [0.1, 0.15) is 17.7 Å². The summed E-state index contributed by atoms with van der Waals surface area (Å²) in [6, 6.07) is 6.12. The predicted molar refractivity (Wildman–Crippen MR) is 56.9 cm³/mol. The third-order valence-electron chi connectivity index (χ3n) is 1.68. The maximum Gasteiger partial charge on any atom is 0.347 e. The van der Waals surface area contributed by atoms with Gasteiger partial charge in [-0.2, -0.15) is 0 Å². The molecule has 0 aliphatic heterocycles. The number of hydrogen-bond acceptors (Lipinski definition) is 6. The van der Waals surface area contributed by atoms with E-state index in [9.17, 15) is 15.2 Å². The molecule has 0 amide bonds. The Balaban J connectivity index is 2.17. The van der Waals surface area contributed by atoms with E-state index in [1.807, 2.05) is 0 Å². The molecule has 1 aromatic carbocycles. The van der Waals surface area contributed by atoms with Crippen LogP contribution in [0.1, 0.15) is 0 Å². The SMILES string of the molecule is O=[N+]([O-])c1cnc(Oc2cccc(O)c2)s1. The average molecular weight is 238 g/mol. The Morgan fingerprint density at radius 2 is 2.31 bits per heavy atom. The number of aromatic hydroxyl groups is 1. The Morgan fingerprint density at radius 3 is 2.94 bits per heavy atom. The lowest BCUT2D eigenvalue weighted by atomic mass is 10.3. The van der Waals surface area contributed by atoms with Crippen molar-refractivity contribution in [1.29, 1.82) is 0 Å². The van der Waals surface area contributed by atoms with Crippen molar-refractivity contribution in [1.82, 2.24) is 4.98 Å². The number of thiazole rings is 1. The zero-order valence-electron chi connectivity index (χ0n) is 7.86. The van der Waals surface area contributed by atoms with E-state index >= 15 is 0 Å². The molecular weight excluding hydrogens is 232 g/mol. The molecule has 1 aromatic heterocycles. The van der Waals surface area contributed by atoms with Crippen LogP contribution in [-0.2, 0) is 0 Å². The third kappa shape index (κ3) is 2.26. The van der Waals surface area contributed by atoms with Gasteiger partial charge in [-0.3, -0.25) is 10.1 Å². The third-order valence-corrected chi connectivity index (χ3v) is 2.50. The molecule has 0 unspecified atom stereocenters. The molecule has 0 bridgehead atoms. The summed E-state index contributed by atoms with van der Waals surface area (Å²) in [6.45, 7) is 0. The van der Waals surface area contributed by atoms with Crippen LogP contribution in [0.25, 0.3) is 0 Å². The van der Waals surface area contributed by atoms with E-state index < -0.39 is 4.92 Å². The lowest BCUT2D eigenvalue weighted by Crippen LogP contribution is -1.81. The van der Waals surface area contributed by atoms with Gasteiger partial charge in [-0.05, 0) is 23.5 Å². The Morgan fingerprint density at radius 1 is 1.50 bits per heavy atom. The highest BCUT2D eigenvalue weighted by Gasteiger charge is 2.12. The van der Waals surface area contributed by atoms with Crippen molar-refractivity contribution in [3.05, 3.63) is 40.6 Å². The van der Waals surface area contributed by atoms with E-state index in [2.05, 4.69) is 4.98 Å². The largest absolute Gasteiger partial charge is 0.508 e. The number of nitrogens with zero attached hydrogens (tertiary/aromatic N) is 2. The molecule has 0 saturated carbocycles. The first-order valence-corrected chi connectivity index (χ1v) is 5.04. The minimum absolute atomic E-state index is 0.0588. The van der Waals surface area contributed by atoms with Crippen molar-refractivity contribution >= 4 is 16.3 Å². The topological polar surface area (TPSA) is 85.5 Å². The van der Waals surface area contributed by atoms with Crippen molar-refractivity contribution in [2.75, 3.05) is 0 Å². The molecule has 0 atom stereocenters. The molecule has 16 heavy (non-hydrogen) atoms. The Bertz CT molecular complexity index is 526. The maximum absolute atomic E-state index is 10.4. The molecule has 1 N–H and O–H groups in total. The molecule has 0 aliphatic carbocycles. The number of phenolic OH excluding ortho intramolecular Hbond substituents is 1. The molecule has 0 saturated heterocycles. The first kappa shape index (κ1) is 10.4. The zero-order valence-corrected chi connectivity index (χ0v) is 8.68. The van der Waals surface area contributed by atoms with E-state index in [0.717, 1.165) is 17.5 Å². The fourth-order valence-corrected chi connectivity index (χ4v) is 1.63. The molecule has 0 fully saturated rings. The lowest BCUT2D eigenvalue weighted by Gasteiger charge is -2.00. The maximum atomic E-state index is 10.4. The predicted octanol–water partition coefficient (Wildman–Crippen LogP) is 2.55. The average Bonchev–Trinajstić information content (AvgIpc) is 2.66. The van der Waals surface area contributed by atoms with Gasteiger partial charge in [0.2, 0.25) is 0 Å².